The third-order valence-electron chi connectivity index (χ3n) is 8.89. The number of carbonyl (C=O) groups is 2. The van der Waals surface area contributed by atoms with Crippen molar-refractivity contribution in [2.24, 2.45) is 5.92 Å². The van der Waals surface area contributed by atoms with E-state index in [0.29, 0.717) is 13.0 Å². The Hall–Kier alpha value is -3.96. The smallest absolute Gasteiger partial charge is 0.303 e. The number of hydrogen-bond donors (Lipinski definition) is 3. The number of rotatable bonds is 13. The van der Waals surface area contributed by atoms with Crippen molar-refractivity contribution in [2.75, 3.05) is 27.3 Å². The van der Waals surface area contributed by atoms with Crippen LogP contribution in [0.25, 0.3) is 0 Å². The summed E-state index contributed by atoms with van der Waals surface area (Å²) in [4.78, 5) is 25.2. The number of fused-ring (bicyclic) bond motifs is 1. The maximum absolute atomic E-state index is 12.1. The van der Waals surface area contributed by atoms with Crippen LogP contribution in [0.5, 0.6) is 11.5 Å². The molecular weight excluding hydrogens is 588 g/mol. The van der Waals surface area contributed by atoms with Crippen molar-refractivity contribution in [3.8, 4) is 11.5 Å². The van der Waals surface area contributed by atoms with E-state index in [9.17, 15) is 14.7 Å². The molecule has 5 rings (SSSR count). The first-order valence-electron chi connectivity index (χ1n) is 15.8. The highest BCUT2D eigenvalue weighted by molar-refractivity contribution is 5.76. The third-order valence-corrected chi connectivity index (χ3v) is 8.89. The lowest BCUT2D eigenvalue weighted by molar-refractivity contribution is -0.276. The largest absolute Gasteiger partial charge is 0.493 e. The van der Waals surface area contributed by atoms with Gasteiger partial charge in [0.2, 0.25) is 5.91 Å². The van der Waals surface area contributed by atoms with Gasteiger partial charge in [-0.3, -0.25) is 14.5 Å². The quantitative estimate of drug-likeness (QED) is 0.241. The summed E-state index contributed by atoms with van der Waals surface area (Å²) in [7, 11) is 3.32. The van der Waals surface area contributed by atoms with Gasteiger partial charge in [-0.05, 0) is 52.8 Å². The molecule has 10 heteroatoms. The Bertz CT molecular complexity index is 1480. The first-order chi connectivity index (χ1) is 22.3. The average molecular weight is 633 g/mol. The van der Waals surface area contributed by atoms with E-state index in [0.717, 1.165) is 59.8 Å². The number of aliphatic carboxylic acids is 1. The van der Waals surface area contributed by atoms with E-state index in [-0.39, 0.29) is 43.5 Å². The lowest BCUT2D eigenvalue weighted by Crippen LogP contribution is -2.45. The molecule has 0 aromatic heterocycles. The molecule has 1 saturated heterocycles. The van der Waals surface area contributed by atoms with Crippen LogP contribution in [0.4, 0.5) is 0 Å². The van der Waals surface area contributed by atoms with Crippen molar-refractivity contribution in [3.05, 3.63) is 94.0 Å². The maximum Gasteiger partial charge on any atom is 0.303 e. The van der Waals surface area contributed by atoms with Gasteiger partial charge in [-0.15, -0.1) is 0 Å². The van der Waals surface area contributed by atoms with Crippen molar-refractivity contribution in [3.63, 3.8) is 0 Å². The van der Waals surface area contributed by atoms with Crippen LogP contribution in [-0.2, 0) is 45.2 Å². The van der Waals surface area contributed by atoms with Gasteiger partial charge in [-0.1, -0.05) is 55.5 Å². The van der Waals surface area contributed by atoms with Gasteiger partial charge in [0.15, 0.2) is 17.8 Å². The van der Waals surface area contributed by atoms with Gasteiger partial charge < -0.3 is 34.5 Å². The molecule has 0 unspecified atom stereocenters. The summed E-state index contributed by atoms with van der Waals surface area (Å²) >= 11 is 0. The van der Waals surface area contributed by atoms with Crippen LogP contribution in [0, 0.1) is 5.92 Å². The van der Waals surface area contributed by atoms with Crippen LogP contribution < -0.4 is 14.8 Å². The van der Waals surface area contributed by atoms with E-state index in [1.54, 1.807) is 14.2 Å². The van der Waals surface area contributed by atoms with Gasteiger partial charge in [0.1, 0.15) is 0 Å². The number of aliphatic hydroxyl groups excluding tert-OH is 1. The number of hydrogen-bond acceptors (Lipinski definition) is 8. The van der Waals surface area contributed by atoms with Crippen LogP contribution in [-0.4, -0.2) is 60.4 Å². The number of amides is 1. The fourth-order valence-electron chi connectivity index (χ4n) is 6.16. The number of ether oxygens (including phenoxy) is 4. The number of carbonyl (C=O) groups excluding carboxylic acids is 1. The minimum Gasteiger partial charge on any atom is -0.493 e. The number of aliphatic hydroxyl groups is 1. The molecule has 3 N–H and O–H groups in total. The Morgan fingerprint density at radius 2 is 1.57 bits per heavy atom. The van der Waals surface area contributed by atoms with Crippen molar-refractivity contribution < 1.29 is 38.7 Å². The predicted molar refractivity (Wildman–Crippen MR) is 171 cm³/mol. The summed E-state index contributed by atoms with van der Waals surface area (Å²) in [5.74, 6) is 0.455. The molecule has 46 heavy (non-hydrogen) atoms. The minimum absolute atomic E-state index is 0.0159. The highest BCUT2D eigenvalue weighted by Crippen LogP contribution is 2.42. The van der Waals surface area contributed by atoms with E-state index >= 15 is 0 Å². The van der Waals surface area contributed by atoms with Gasteiger partial charge >= 0.3 is 5.97 Å². The Labute approximate surface area is 270 Å². The molecule has 0 aliphatic carbocycles. The Kier molecular flexibility index (Phi) is 11.3. The molecule has 0 spiro atoms. The lowest BCUT2D eigenvalue weighted by Gasteiger charge is -2.43. The molecule has 3 aromatic carbocycles. The third kappa shape index (κ3) is 8.24. The van der Waals surface area contributed by atoms with Crippen molar-refractivity contribution in [2.45, 2.75) is 70.8 Å². The van der Waals surface area contributed by atoms with E-state index in [1.165, 1.54) is 11.1 Å². The van der Waals surface area contributed by atoms with Crippen LogP contribution >= 0.6 is 0 Å². The Morgan fingerprint density at radius 3 is 2.22 bits per heavy atom. The summed E-state index contributed by atoms with van der Waals surface area (Å²) < 4.78 is 24.4. The number of nitrogens with one attached hydrogen (secondary N) is 1. The van der Waals surface area contributed by atoms with Crippen LogP contribution in [0.1, 0.15) is 72.0 Å². The summed E-state index contributed by atoms with van der Waals surface area (Å²) in [6, 6.07) is 19.9. The molecule has 2 heterocycles. The van der Waals surface area contributed by atoms with Crippen LogP contribution in [0.2, 0.25) is 0 Å². The average Bonchev–Trinajstić information content (AvgIpc) is 3.07. The lowest BCUT2D eigenvalue weighted by atomic mass is 9.89. The van der Waals surface area contributed by atoms with Crippen molar-refractivity contribution in [1.82, 2.24) is 10.2 Å². The van der Waals surface area contributed by atoms with E-state index < -0.39 is 12.3 Å². The molecule has 2 aliphatic rings. The second-order valence-corrected chi connectivity index (χ2v) is 12.0. The number of carboxylic acids is 1. The van der Waals surface area contributed by atoms with Crippen molar-refractivity contribution in [1.29, 1.82) is 0 Å². The summed E-state index contributed by atoms with van der Waals surface area (Å²) in [6.45, 7) is 4.90. The number of benzene rings is 3. The SMILES string of the molecule is COc1cc2c(cc1OC)CN(C[C@H]1O[C@@H](c3ccc(CNC(=O)CCCC(=O)O)cc3)O[C@@H](c3ccc(CO)cc3)[C@H]1C)CC2. The van der Waals surface area contributed by atoms with Crippen LogP contribution in [0.15, 0.2) is 60.7 Å². The molecule has 0 saturated carbocycles. The molecular formula is C36H44N2O8. The highest BCUT2D eigenvalue weighted by atomic mass is 16.7. The van der Waals surface area contributed by atoms with Gasteiger partial charge in [-0.25, -0.2) is 0 Å². The topological polar surface area (TPSA) is 127 Å². The fraction of sp³-hybridized carbons (Fsp3) is 0.444. The van der Waals surface area contributed by atoms with Gasteiger partial charge in [-0.2, -0.15) is 0 Å². The Balaban J connectivity index is 1.30. The normalized spacial score (nSPS) is 21.3. The first-order valence-corrected chi connectivity index (χ1v) is 15.8. The minimum atomic E-state index is -0.903. The molecule has 10 nitrogen and oxygen atoms in total. The second kappa shape index (κ2) is 15.6. The summed E-state index contributed by atoms with van der Waals surface area (Å²) in [5, 5.41) is 21.2. The molecule has 0 bridgehead atoms. The van der Waals surface area contributed by atoms with Crippen LogP contribution in [0.3, 0.4) is 0 Å². The van der Waals surface area contributed by atoms with E-state index in [4.69, 9.17) is 24.1 Å². The molecule has 0 radical (unpaired) electrons. The van der Waals surface area contributed by atoms with E-state index in [2.05, 4.69) is 29.3 Å². The summed E-state index contributed by atoms with van der Waals surface area (Å²) in [5.41, 5.74) is 6.18. The second-order valence-electron chi connectivity index (χ2n) is 12.0. The first kappa shape index (κ1) is 33.4. The molecule has 1 amide bonds. The molecule has 1 fully saturated rings. The highest BCUT2D eigenvalue weighted by Gasteiger charge is 2.39. The Morgan fingerprint density at radius 1 is 0.913 bits per heavy atom. The zero-order chi connectivity index (χ0) is 32.6. The molecule has 246 valence electrons. The van der Waals surface area contributed by atoms with E-state index in [1.807, 2.05) is 48.5 Å². The monoisotopic (exact) mass is 632 g/mol. The van der Waals surface area contributed by atoms with Gasteiger partial charge in [0.25, 0.3) is 0 Å². The number of carboxylic acid groups (broad SMARTS) is 1. The maximum atomic E-state index is 12.1. The fourth-order valence-corrected chi connectivity index (χ4v) is 6.16. The zero-order valence-corrected chi connectivity index (χ0v) is 26.7. The van der Waals surface area contributed by atoms with Gasteiger partial charge in [0.05, 0.1) is 33.0 Å². The molecule has 4 atom stereocenters. The molecule has 3 aromatic rings. The van der Waals surface area contributed by atoms with Crippen molar-refractivity contribution >= 4 is 11.9 Å². The van der Waals surface area contributed by atoms with Gasteiger partial charge in [0, 0.05) is 50.5 Å². The predicted octanol–water partition coefficient (Wildman–Crippen LogP) is 4.92. The number of nitrogens with zero attached hydrogens (tertiary/aromatic N) is 1. The number of methoxy groups -OCH3 is 2. The standard InChI is InChI=1S/C36H44N2O8/c1-23-32(21-38-16-15-28-17-30(43-2)31(44-3)18-29(28)20-38)45-36(46-35(23)26-11-9-25(22-39)10-12-26)27-13-7-24(8-14-27)19-37-33(40)5-4-6-34(41)42/h7-14,17-18,23,32,35-36,39H,4-6,15-16,19-22H2,1-3H3,(H,37,40)(H,41,42)/t23-,32+,35+,36+/m0/s1. The zero-order valence-electron chi connectivity index (χ0n) is 26.7. The summed E-state index contributed by atoms with van der Waals surface area (Å²) in [6.07, 6.45) is 0.441. The molecule has 2 aliphatic heterocycles.